The van der Waals surface area contributed by atoms with E-state index in [0.717, 1.165) is 25.2 Å². The van der Waals surface area contributed by atoms with Crippen molar-refractivity contribution in [3.8, 4) is 0 Å². The molecule has 5 nitrogen and oxygen atoms in total. The highest BCUT2D eigenvalue weighted by atomic mass is 35.5. The number of rotatable bonds is 5. The van der Waals surface area contributed by atoms with Gasteiger partial charge in [-0.25, -0.2) is 8.78 Å². The van der Waals surface area contributed by atoms with Gasteiger partial charge in [0.1, 0.15) is 11.6 Å². The standard InChI is InChI=1S/C16H21F2N3O2.ClH/c1-11-10-19-7-8-21(11)15(22)3-2-6-20-16(23)13-5-4-12(17)9-14(13)18;/h4-5,9,11,19H,2-3,6-8,10H2,1H3,(H,20,23);1H. The van der Waals surface area contributed by atoms with Crippen LogP contribution in [0.5, 0.6) is 0 Å². The van der Waals surface area contributed by atoms with Gasteiger partial charge in [-0.15, -0.1) is 12.4 Å². The van der Waals surface area contributed by atoms with Gasteiger partial charge in [0.05, 0.1) is 5.56 Å². The zero-order valence-corrected chi connectivity index (χ0v) is 14.3. The molecule has 1 saturated heterocycles. The number of halogens is 3. The molecule has 1 fully saturated rings. The number of amides is 2. The lowest BCUT2D eigenvalue weighted by Crippen LogP contribution is -2.52. The number of nitrogens with zero attached hydrogens (tertiary/aromatic N) is 1. The van der Waals surface area contributed by atoms with Crippen molar-refractivity contribution in [3.63, 3.8) is 0 Å². The van der Waals surface area contributed by atoms with E-state index in [1.807, 2.05) is 11.8 Å². The predicted octanol–water partition coefficient (Wildman–Crippen LogP) is 1.72. The molecule has 1 atom stereocenters. The molecule has 1 heterocycles. The Kier molecular flexibility index (Phi) is 8.07. The highest BCUT2D eigenvalue weighted by Gasteiger charge is 2.22. The van der Waals surface area contributed by atoms with Gasteiger partial charge in [0, 0.05) is 44.7 Å². The maximum absolute atomic E-state index is 13.5. The predicted molar refractivity (Wildman–Crippen MR) is 89.2 cm³/mol. The third kappa shape index (κ3) is 5.42. The van der Waals surface area contributed by atoms with E-state index in [1.165, 1.54) is 0 Å². The van der Waals surface area contributed by atoms with Gasteiger partial charge < -0.3 is 15.5 Å². The fraction of sp³-hybridized carbons (Fsp3) is 0.500. The van der Waals surface area contributed by atoms with Crippen LogP contribution >= 0.6 is 12.4 Å². The summed E-state index contributed by atoms with van der Waals surface area (Å²) in [5, 5.41) is 5.76. The molecule has 134 valence electrons. The van der Waals surface area contributed by atoms with E-state index in [4.69, 9.17) is 0 Å². The number of piperazine rings is 1. The van der Waals surface area contributed by atoms with Crippen molar-refractivity contribution in [1.29, 1.82) is 0 Å². The molecule has 1 unspecified atom stereocenters. The molecule has 0 radical (unpaired) electrons. The molecular weight excluding hydrogens is 340 g/mol. The molecule has 1 aliphatic rings. The third-order valence-corrected chi connectivity index (χ3v) is 3.85. The number of carbonyl (C=O) groups excluding carboxylic acids is 2. The number of nitrogens with one attached hydrogen (secondary N) is 2. The molecule has 1 aliphatic heterocycles. The number of benzene rings is 1. The Hall–Kier alpha value is -1.73. The lowest BCUT2D eigenvalue weighted by atomic mass is 10.1. The molecule has 0 spiro atoms. The molecule has 1 aromatic carbocycles. The minimum atomic E-state index is -0.895. The summed E-state index contributed by atoms with van der Waals surface area (Å²) >= 11 is 0. The summed E-state index contributed by atoms with van der Waals surface area (Å²) in [6.45, 7) is 4.52. The summed E-state index contributed by atoms with van der Waals surface area (Å²) < 4.78 is 26.3. The van der Waals surface area contributed by atoms with Crippen molar-refractivity contribution in [1.82, 2.24) is 15.5 Å². The normalized spacial score (nSPS) is 17.1. The van der Waals surface area contributed by atoms with E-state index in [9.17, 15) is 18.4 Å². The van der Waals surface area contributed by atoms with Crippen LogP contribution in [0.4, 0.5) is 8.78 Å². The van der Waals surface area contributed by atoms with Gasteiger partial charge in [-0.1, -0.05) is 0 Å². The SMILES string of the molecule is CC1CNCCN1C(=O)CCCNC(=O)c1ccc(F)cc1F.Cl. The Morgan fingerprint density at radius 1 is 1.38 bits per heavy atom. The van der Waals surface area contributed by atoms with Gasteiger partial charge in [0.25, 0.3) is 5.91 Å². The lowest BCUT2D eigenvalue weighted by molar-refractivity contribution is -0.134. The molecule has 1 aromatic rings. The van der Waals surface area contributed by atoms with Crippen molar-refractivity contribution < 1.29 is 18.4 Å². The fourth-order valence-electron chi connectivity index (χ4n) is 2.57. The van der Waals surface area contributed by atoms with E-state index >= 15 is 0 Å². The second-order valence-corrected chi connectivity index (χ2v) is 5.62. The lowest BCUT2D eigenvalue weighted by Gasteiger charge is -2.34. The maximum atomic E-state index is 13.5. The van der Waals surface area contributed by atoms with Crippen LogP contribution in [-0.2, 0) is 4.79 Å². The first kappa shape index (κ1) is 20.3. The van der Waals surface area contributed by atoms with Crippen LogP contribution < -0.4 is 10.6 Å². The molecule has 8 heteroatoms. The van der Waals surface area contributed by atoms with Crippen molar-refractivity contribution in [3.05, 3.63) is 35.4 Å². The van der Waals surface area contributed by atoms with Crippen molar-refractivity contribution >= 4 is 24.2 Å². The van der Waals surface area contributed by atoms with Crippen LogP contribution in [0.3, 0.4) is 0 Å². The van der Waals surface area contributed by atoms with E-state index in [2.05, 4.69) is 10.6 Å². The fourth-order valence-corrected chi connectivity index (χ4v) is 2.57. The second-order valence-electron chi connectivity index (χ2n) is 5.62. The summed E-state index contributed by atoms with van der Waals surface area (Å²) in [5.74, 6) is -2.17. The molecular formula is C16H22ClF2N3O2. The summed E-state index contributed by atoms with van der Waals surface area (Å²) in [4.78, 5) is 25.7. The van der Waals surface area contributed by atoms with Gasteiger partial charge in [0.15, 0.2) is 0 Å². The van der Waals surface area contributed by atoms with Crippen LogP contribution in [0.1, 0.15) is 30.1 Å². The topological polar surface area (TPSA) is 61.4 Å². The first-order valence-electron chi connectivity index (χ1n) is 7.72. The Bertz CT molecular complexity index is 586. The summed E-state index contributed by atoms with van der Waals surface area (Å²) in [7, 11) is 0. The number of hydrogen-bond donors (Lipinski definition) is 2. The Balaban J connectivity index is 0.00000288. The molecule has 2 rings (SSSR count). The first-order chi connectivity index (χ1) is 11.0. The summed E-state index contributed by atoms with van der Waals surface area (Å²) in [6.07, 6.45) is 0.806. The highest BCUT2D eigenvalue weighted by Crippen LogP contribution is 2.10. The van der Waals surface area contributed by atoms with E-state index in [0.29, 0.717) is 25.5 Å². The van der Waals surface area contributed by atoms with Crippen LogP contribution in [0, 0.1) is 11.6 Å². The molecule has 0 saturated carbocycles. The van der Waals surface area contributed by atoms with Gasteiger partial charge >= 0.3 is 0 Å². The van der Waals surface area contributed by atoms with Gasteiger partial charge in [-0.3, -0.25) is 9.59 Å². The minimum absolute atomic E-state index is 0. The smallest absolute Gasteiger partial charge is 0.254 e. The number of hydrogen-bond acceptors (Lipinski definition) is 3. The van der Waals surface area contributed by atoms with E-state index in [-0.39, 0.29) is 36.5 Å². The quantitative estimate of drug-likeness (QED) is 0.785. The van der Waals surface area contributed by atoms with Crippen LogP contribution in [0.15, 0.2) is 18.2 Å². The van der Waals surface area contributed by atoms with E-state index in [1.54, 1.807) is 0 Å². The summed E-state index contributed by atoms with van der Waals surface area (Å²) in [5.41, 5.74) is -0.201. The first-order valence-corrected chi connectivity index (χ1v) is 7.72. The largest absolute Gasteiger partial charge is 0.352 e. The van der Waals surface area contributed by atoms with Crippen LogP contribution in [-0.4, -0.2) is 48.9 Å². The van der Waals surface area contributed by atoms with Crippen molar-refractivity contribution in [2.24, 2.45) is 0 Å². The third-order valence-electron chi connectivity index (χ3n) is 3.85. The second kappa shape index (κ2) is 9.54. The Labute approximate surface area is 146 Å². The van der Waals surface area contributed by atoms with Gasteiger partial charge in [-0.2, -0.15) is 0 Å². The number of carbonyl (C=O) groups is 2. The average Bonchev–Trinajstić information content (AvgIpc) is 2.51. The van der Waals surface area contributed by atoms with E-state index < -0.39 is 17.5 Å². The average molecular weight is 362 g/mol. The van der Waals surface area contributed by atoms with Crippen LogP contribution in [0.25, 0.3) is 0 Å². The zero-order valence-electron chi connectivity index (χ0n) is 13.5. The molecule has 0 aliphatic carbocycles. The molecule has 24 heavy (non-hydrogen) atoms. The minimum Gasteiger partial charge on any atom is -0.352 e. The van der Waals surface area contributed by atoms with Crippen molar-refractivity contribution in [2.75, 3.05) is 26.2 Å². The maximum Gasteiger partial charge on any atom is 0.254 e. The van der Waals surface area contributed by atoms with Crippen LogP contribution in [0.2, 0.25) is 0 Å². The zero-order chi connectivity index (χ0) is 16.8. The molecule has 0 aromatic heterocycles. The monoisotopic (exact) mass is 361 g/mol. The molecule has 2 amide bonds. The Morgan fingerprint density at radius 3 is 2.79 bits per heavy atom. The highest BCUT2D eigenvalue weighted by molar-refractivity contribution is 5.94. The Morgan fingerprint density at radius 2 is 2.12 bits per heavy atom. The molecule has 2 N–H and O–H groups in total. The van der Waals surface area contributed by atoms with Crippen molar-refractivity contribution in [2.45, 2.75) is 25.8 Å². The van der Waals surface area contributed by atoms with Gasteiger partial charge in [-0.05, 0) is 25.5 Å². The van der Waals surface area contributed by atoms with Gasteiger partial charge in [0.2, 0.25) is 5.91 Å². The summed E-state index contributed by atoms with van der Waals surface area (Å²) in [6, 6.07) is 2.98. The molecule has 0 bridgehead atoms.